The van der Waals surface area contributed by atoms with Crippen LogP contribution in [0, 0.1) is 0 Å². The van der Waals surface area contributed by atoms with E-state index in [-0.39, 0.29) is 13.2 Å². The summed E-state index contributed by atoms with van der Waals surface area (Å²) in [5.41, 5.74) is 6.12. The van der Waals surface area contributed by atoms with Gasteiger partial charge < -0.3 is 15.2 Å². The minimum Gasteiger partial charge on any atom is -0.489 e. The molecule has 0 aliphatic rings. The van der Waals surface area contributed by atoms with Crippen molar-refractivity contribution in [3.8, 4) is 5.75 Å². The van der Waals surface area contributed by atoms with Crippen LogP contribution < -0.4 is 10.5 Å². The van der Waals surface area contributed by atoms with Crippen molar-refractivity contribution in [2.75, 3.05) is 25.6 Å². The van der Waals surface area contributed by atoms with Crippen LogP contribution in [-0.2, 0) is 4.74 Å². The number of hydrogen-bond donors (Lipinski definition) is 1. The monoisotopic (exact) mass is 391 g/mol. The van der Waals surface area contributed by atoms with Gasteiger partial charge in [-0.1, -0.05) is 0 Å². The van der Waals surface area contributed by atoms with Gasteiger partial charge in [-0.15, -0.1) is 0 Å². The van der Waals surface area contributed by atoms with E-state index in [1.807, 2.05) is 0 Å². The second-order valence-electron chi connectivity index (χ2n) is 3.33. The first kappa shape index (κ1) is 15.6. The zero-order chi connectivity index (χ0) is 13.8. The van der Waals surface area contributed by atoms with Crippen LogP contribution in [0.25, 0.3) is 0 Å². The molecule has 0 aliphatic carbocycles. The maximum absolute atomic E-state index is 11.8. The molecule has 0 fully saturated rings. The normalized spacial score (nSPS) is 11.6. The van der Waals surface area contributed by atoms with Crippen molar-refractivity contribution in [1.82, 2.24) is 0 Å². The third-order valence-electron chi connectivity index (χ3n) is 1.76. The average molecular weight is 393 g/mol. The number of anilines is 1. The molecule has 1 aromatic rings. The number of nitrogen functional groups attached to an aromatic ring is 1. The van der Waals surface area contributed by atoms with Gasteiger partial charge in [0.05, 0.1) is 15.6 Å². The molecule has 3 nitrogen and oxygen atoms in total. The molecule has 0 unspecified atom stereocenters. The molecule has 102 valence electrons. The van der Waals surface area contributed by atoms with Gasteiger partial charge in [-0.3, -0.25) is 0 Å². The average Bonchev–Trinajstić information content (AvgIpc) is 2.19. The van der Waals surface area contributed by atoms with Gasteiger partial charge in [-0.05, 0) is 44.0 Å². The van der Waals surface area contributed by atoms with E-state index in [1.54, 1.807) is 12.1 Å². The Bertz CT molecular complexity index is 390. The number of nitrogens with two attached hydrogens (primary N) is 1. The summed E-state index contributed by atoms with van der Waals surface area (Å²) in [7, 11) is 0. The summed E-state index contributed by atoms with van der Waals surface area (Å²) in [6, 6.07) is 3.27. The SMILES string of the molecule is Nc1cc(Br)c(OCCOCC(F)(F)F)c(Br)c1. The Labute approximate surface area is 119 Å². The van der Waals surface area contributed by atoms with E-state index >= 15 is 0 Å². The molecule has 18 heavy (non-hydrogen) atoms. The largest absolute Gasteiger partial charge is 0.489 e. The van der Waals surface area contributed by atoms with Crippen LogP contribution in [0.15, 0.2) is 21.1 Å². The van der Waals surface area contributed by atoms with E-state index < -0.39 is 12.8 Å². The predicted octanol–water partition coefficient (Wildman–Crippen LogP) is 3.75. The molecular weight excluding hydrogens is 383 g/mol. The third-order valence-corrected chi connectivity index (χ3v) is 2.94. The van der Waals surface area contributed by atoms with Crippen LogP contribution in [0.4, 0.5) is 18.9 Å². The Morgan fingerprint density at radius 1 is 1.11 bits per heavy atom. The Kier molecular flexibility index (Phi) is 5.74. The van der Waals surface area contributed by atoms with Crippen LogP contribution in [0.2, 0.25) is 0 Å². The quantitative estimate of drug-likeness (QED) is 0.613. The Hall–Kier alpha value is -0.470. The molecule has 0 radical (unpaired) electrons. The summed E-state index contributed by atoms with van der Waals surface area (Å²) in [5.74, 6) is 0.472. The molecule has 1 aromatic carbocycles. The van der Waals surface area contributed by atoms with E-state index in [0.29, 0.717) is 20.4 Å². The predicted molar refractivity (Wildman–Crippen MR) is 68.6 cm³/mol. The molecule has 0 spiro atoms. The van der Waals surface area contributed by atoms with Crippen molar-refractivity contribution in [1.29, 1.82) is 0 Å². The van der Waals surface area contributed by atoms with E-state index in [0.717, 1.165) is 0 Å². The zero-order valence-corrected chi connectivity index (χ0v) is 12.2. The summed E-state index contributed by atoms with van der Waals surface area (Å²) in [4.78, 5) is 0. The lowest BCUT2D eigenvalue weighted by Crippen LogP contribution is -2.19. The van der Waals surface area contributed by atoms with Gasteiger partial charge in [0, 0.05) is 5.69 Å². The van der Waals surface area contributed by atoms with Crippen molar-refractivity contribution in [3.63, 3.8) is 0 Å². The highest BCUT2D eigenvalue weighted by atomic mass is 79.9. The summed E-state index contributed by atoms with van der Waals surface area (Å²) < 4.78 is 46.3. The fourth-order valence-corrected chi connectivity index (χ4v) is 2.56. The van der Waals surface area contributed by atoms with E-state index in [1.165, 1.54) is 0 Å². The van der Waals surface area contributed by atoms with Gasteiger partial charge in [0.1, 0.15) is 19.0 Å². The summed E-state index contributed by atoms with van der Waals surface area (Å²) in [6.07, 6.45) is -4.32. The second kappa shape index (κ2) is 6.63. The molecule has 0 bridgehead atoms. The Balaban J connectivity index is 2.41. The number of alkyl halides is 3. The number of rotatable bonds is 5. The zero-order valence-electron chi connectivity index (χ0n) is 9.06. The summed E-state index contributed by atoms with van der Waals surface area (Å²) >= 11 is 6.49. The highest BCUT2D eigenvalue weighted by molar-refractivity contribution is 9.11. The first-order valence-electron chi connectivity index (χ1n) is 4.81. The van der Waals surface area contributed by atoms with Crippen molar-refractivity contribution in [2.24, 2.45) is 0 Å². The van der Waals surface area contributed by atoms with Crippen molar-refractivity contribution in [2.45, 2.75) is 6.18 Å². The standard InChI is InChI=1S/C10H10Br2F3NO2/c11-7-3-6(16)4-8(12)9(7)18-2-1-17-5-10(13,14)15/h3-4H,1-2,5,16H2. The van der Waals surface area contributed by atoms with Crippen LogP contribution in [0.5, 0.6) is 5.75 Å². The van der Waals surface area contributed by atoms with E-state index in [9.17, 15) is 13.2 Å². The molecular formula is C10H10Br2F3NO2. The van der Waals surface area contributed by atoms with Gasteiger partial charge >= 0.3 is 6.18 Å². The fraction of sp³-hybridized carbons (Fsp3) is 0.400. The number of hydrogen-bond acceptors (Lipinski definition) is 3. The number of halogens is 5. The minimum atomic E-state index is -4.32. The maximum Gasteiger partial charge on any atom is 0.411 e. The Morgan fingerprint density at radius 2 is 1.67 bits per heavy atom. The van der Waals surface area contributed by atoms with Gasteiger partial charge in [0.2, 0.25) is 0 Å². The molecule has 0 atom stereocenters. The van der Waals surface area contributed by atoms with E-state index in [4.69, 9.17) is 10.5 Å². The van der Waals surface area contributed by atoms with Gasteiger partial charge in [0.15, 0.2) is 0 Å². The van der Waals surface area contributed by atoms with Crippen molar-refractivity contribution in [3.05, 3.63) is 21.1 Å². The topological polar surface area (TPSA) is 44.5 Å². The molecule has 0 aromatic heterocycles. The van der Waals surface area contributed by atoms with Gasteiger partial charge in [-0.2, -0.15) is 13.2 Å². The first-order chi connectivity index (χ1) is 8.29. The highest BCUT2D eigenvalue weighted by Gasteiger charge is 2.27. The summed E-state index contributed by atoms with van der Waals surface area (Å²) in [6.45, 7) is -1.42. The molecule has 0 saturated heterocycles. The van der Waals surface area contributed by atoms with Crippen molar-refractivity contribution < 1.29 is 22.6 Å². The van der Waals surface area contributed by atoms with Crippen LogP contribution >= 0.6 is 31.9 Å². The minimum absolute atomic E-state index is 0.0111. The Morgan fingerprint density at radius 3 is 2.17 bits per heavy atom. The molecule has 0 heterocycles. The van der Waals surface area contributed by atoms with Gasteiger partial charge in [-0.25, -0.2) is 0 Å². The highest BCUT2D eigenvalue weighted by Crippen LogP contribution is 2.35. The second-order valence-corrected chi connectivity index (χ2v) is 5.04. The van der Waals surface area contributed by atoms with Crippen molar-refractivity contribution >= 4 is 37.5 Å². The van der Waals surface area contributed by atoms with Crippen LogP contribution in [0.1, 0.15) is 0 Å². The number of ether oxygens (including phenoxy) is 2. The van der Waals surface area contributed by atoms with Crippen LogP contribution in [0.3, 0.4) is 0 Å². The van der Waals surface area contributed by atoms with Crippen LogP contribution in [-0.4, -0.2) is 26.0 Å². The third kappa shape index (κ3) is 5.45. The lowest BCUT2D eigenvalue weighted by atomic mass is 10.3. The maximum atomic E-state index is 11.8. The molecule has 1 rings (SSSR count). The smallest absolute Gasteiger partial charge is 0.411 e. The van der Waals surface area contributed by atoms with Gasteiger partial charge in [0.25, 0.3) is 0 Å². The number of benzene rings is 1. The fourth-order valence-electron chi connectivity index (χ4n) is 1.11. The molecule has 8 heteroatoms. The molecule has 0 amide bonds. The van der Waals surface area contributed by atoms with E-state index in [2.05, 4.69) is 36.6 Å². The first-order valence-corrected chi connectivity index (χ1v) is 6.40. The lowest BCUT2D eigenvalue weighted by molar-refractivity contribution is -0.175. The molecule has 2 N–H and O–H groups in total. The summed E-state index contributed by atoms with van der Waals surface area (Å²) in [5, 5.41) is 0. The lowest BCUT2D eigenvalue weighted by Gasteiger charge is -2.12. The molecule has 0 aliphatic heterocycles. The molecule has 0 saturated carbocycles.